The van der Waals surface area contributed by atoms with Gasteiger partial charge in [-0.1, -0.05) is 67.7 Å². The Morgan fingerprint density at radius 3 is 2.20 bits per heavy atom. The van der Waals surface area contributed by atoms with Crippen molar-refractivity contribution in [2.75, 3.05) is 19.6 Å². The van der Waals surface area contributed by atoms with E-state index in [0.717, 1.165) is 32.1 Å². The maximum Gasteiger partial charge on any atom is 0.315 e. The molecular formula is C33H54N6O6. The van der Waals surface area contributed by atoms with Gasteiger partial charge in [0.2, 0.25) is 23.5 Å². The van der Waals surface area contributed by atoms with E-state index in [2.05, 4.69) is 29.8 Å². The Bertz CT molecular complexity index is 1190. The number of fused-ring (bicyclic) bond motifs is 1. The average Bonchev–Trinajstić information content (AvgIpc) is 3.24. The van der Waals surface area contributed by atoms with Gasteiger partial charge in [-0.3, -0.25) is 24.0 Å². The molecule has 6 atom stereocenters. The molecule has 2 aliphatic heterocycles. The van der Waals surface area contributed by atoms with E-state index < -0.39 is 47.2 Å². The lowest BCUT2D eigenvalue weighted by Crippen LogP contribution is -2.62. The number of amides is 6. The Morgan fingerprint density at radius 2 is 1.67 bits per heavy atom. The molecular weight excluding hydrogens is 576 g/mol. The zero-order valence-corrected chi connectivity index (χ0v) is 28.1. The summed E-state index contributed by atoms with van der Waals surface area (Å²) in [7, 11) is 0. The van der Waals surface area contributed by atoms with E-state index in [1.807, 2.05) is 34.6 Å². The maximum absolute atomic E-state index is 14.3. The lowest BCUT2D eigenvalue weighted by molar-refractivity contribution is -0.145. The minimum absolute atomic E-state index is 0.0475. The van der Waals surface area contributed by atoms with Crippen LogP contribution in [-0.4, -0.2) is 89.0 Å². The fourth-order valence-corrected chi connectivity index (χ4v) is 7.41. The predicted octanol–water partition coefficient (Wildman–Crippen LogP) is 1.95. The fourth-order valence-electron chi connectivity index (χ4n) is 7.41. The Hall–Kier alpha value is -3.18. The smallest absolute Gasteiger partial charge is 0.315 e. The van der Waals surface area contributed by atoms with E-state index in [0.29, 0.717) is 32.5 Å². The Morgan fingerprint density at radius 1 is 1.00 bits per heavy atom. The Balaban J connectivity index is 1.49. The van der Waals surface area contributed by atoms with Crippen LogP contribution in [0.3, 0.4) is 0 Å². The topological polar surface area (TPSA) is 171 Å². The molecule has 2 saturated carbocycles. The molecule has 2 aliphatic carbocycles. The van der Waals surface area contributed by atoms with Gasteiger partial charge in [-0.2, -0.15) is 0 Å². The number of nitrogens with one attached hydrogen (secondary N) is 3. The summed E-state index contributed by atoms with van der Waals surface area (Å²) in [4.78, 5) is 81.9. The van der Waals surface area contributed by atoms with Crippen LogP contribution in [0.2, 0.25) is 0 Å². The number of hydrogen-bond donors (Lipinski definition) is 4. The van der Waals surface area contributed by atoms with Gasteiger partial charge in [-0.15, -0.1) is 0 Å². The molecule has 0 bridgehead atoms. The van der Waals surface area contributed by atoms with E-state index in [9.17, 15) is 28.8 Å². The summed E-state index contributed by atoms with van der Waals surface area (Å²) in [5, 5.41) is 8.70. The van der Waals surface area contributed by atoms with E-state index >= 15 is 0 Å². The highest BCUT2D eigenvalue weighted by Crippen LogP contribution is 2.65. The second-order valence-electron chi connectivity index (χ2n) is 15.8. The normalized spacial score (nSPS) is 26.3. The molecule has 0 aromatic rings. The molecule has 2 heterocycles. The third kappa shape index (κ3) is 7.62. The summed E-state index contributed by atoms with van der Waals surface area (Å²) in [6.45, 7) is 15.1. The number of ketones is 1. The van der Waals surface area contributed by atoms with Crippen LogP contribution in [0.1, 0.15) is 93.4 Å². The molecule has 12 nitrogen and oxygen atoms in total. The summed E-state index contributed by atoms with van der Waals surface area (Å²) < 4.78 is 0. The van der Waals surface area contributed by atoms with Crippen molar-refractivity contribution in [3.05, 3.63) is 0 Å². The third-order valence-corrected chi connectivity index (χ3v) is 10.8. The second-order valence-corrected chi connectivity index (χ2v) is 15.8. The van der Waals surface area contributed by atoms with Crippen molar-refractivity contribution in [1.29, 1.82) is 0 Å². The Kier molecular flexibility index (Phi) is 10.2. The lowest BCUT2D eigenvalue weighted by atomic mass is 9.80. The summed E-state index contributed by atoms with van der Waals surface area (Å²) in [6.07, 6.45) is 5.57. The first kappa shape index (κ1) is 34.7. The molecule has 0 aromatic carbocycles. The third-order valence-electron chi connectivity index (χ3n) is 10.8. The van der Waals surface area contributed by atoms with Gasteiger partial charge in [-0.25, -0.2) is 4.79 Å². The highest BCUT2D eigenvalue weighted by molar-refractivity contribution is 6.37. The molecule has 2 saturated heterocycles. The number of carbonyl (C=O) groups is 6. The number of rotatable bonds is 12. The number of nitrogens with two attached hydrogens (primary N) is 1. The first-order valence-corrected chi connectivity index (χ1v) is 16.7. The first-order chi connectivity index (χ1) is 20.9. The zero-order chi connectivity index (χ0) is 33.4. The van der Waals surface area contributed by atoms with Crippen LogP contribution in [-0.2, 0) is 24.0 Å². The fraction of sp³-hybridized carbons (Fsp3) is 0.818. The number of primary amides is 1. The molecule has 252 valence electrons. The van der Waals surface area contributed by atoms with Crippen molar-refractivity contribution in [3.8, 4) is 0 Å². The molecule has 0 aromatic heterocycles. The van der Waals surface area contributed by atoms with Crippen LogP contribution < -0.4 is 21.7 Å². The van der Waals surface area contributed by atoms with Crippen molar-refractivity contribution in [2.45, 2.75) is 118 Å². The van der Waals surface area contributed by atoms with Gasteiger partial charge < -0.3 is 31.5 Å². The summed E-state index contributed by atoms with van der Waals surface area (Å²) in [6, 6.07) is -3.64. The van der Waals surface area contributed by atoms with Crippen molar-refractivity contribution >= 4 is 35.4 Å². The lowest BCUT2D eigenvalue weighted by Gasteiger charge is -2.38. The van der Waals surface area contributed by atoms with Crippen LogP contribution >= 0.6 is 0 Å². The number of urea groups is 1. The van der Waals surface area contributed by atoms with Crippen LogP contribution in [0.5, 0.6) is 0 Å². The van der Waals surface area contributed by atoms with Gasteiger partial charge in [0.1, 0.15) is 12.1 Å². The zero-order valence-electron chi connectivity index (χ0n) is 28.1. The first-order valence-electron chi connectivity index (χ1n) is 16.7. The molecule has 4 fully saturated rings. The predicted molar refractivity (Wildman–Crippen MR) is 168 cm³/mol. The Labute approximate surface area is 267 Å². The molecule has 5 N–H and O–H groups in total. The van der Waals surface area contributed by atoms with Gasteiger partial charge in [0.05, 0.1) is 12.1 Å². The molecule has 45 heavy (non-hydrogen) atoms. The molecule has 6 amide bonds. The van der Waals surface area contributed by atoms with Crippen molar-refractivity contribution < 1.29 is 28.8 Å². The van der Waals surface area contributed by atoms with Gasteiger partial charge >= 0.3 is 6.03 Å². The SMILES string of the molecule is CC(C)[C@@H](CN1CCCCC1=O)NC(=O)N[C@H](C(=O)N1C[C@H]2[C@@H](C1C(=O)NC(CC1CCC1)C(=O)C(N)=O)C2(C)C)C(C)(C)C. The van der Waals surface area contributed by atoms with E-state index in [4.69, 9.17) is 5.73 Å². The number of hydrogen-bond acceptors (Lipinski definition) is 6. The van der Waals surface area contributed by atoms with Crippen molar-refractivity contribution in [2.24, 2.45) is 40.2 Å². The largest absolute Gasteiger partial charge is 0.363 e. The molecule has 2 unspecified atom stereocenters. The second kappa shape index (κ2) is 13.3. The maximum atomic E-state index is 14.3. The number of carbonyl (C=O) groups excluding carboxylic acids is 6. The summed E-state index contributed by atoms with van der Waals surface area (Å²) in [5.74, 6) is -2.40. The number of Topliss-reactive ketones (excluding diaryl/α,β-unsaturated/α-hetero) is 1. The molecule has 4 aliphatic rings. The monoisotopic (exact) mass is 630 g/mol. The highest BCUT2D eigenvalue weighted by atomic mass is 16.2. The standard InChI is InChI=1S/C33H54N6O6/c1-18(2)22(17-38-14-9-8-13-23(38)40)36-31(45)37-27(32(3,4)5)30(44)39-16-20-24(33(20,6)7)25(39)29(43)35-21(26(41)28(34)42)15-19-11-10-12-19/h18-22,24-25,27H,8-17H2,1-7H3,(H2,34,42)(H,35,43)(H2,36,37,45)/t20-,21?,22+,24-,25?,27+/m0/s1. The van der Waals surface area contributed by atoms with E-state index in [1.165, 1.54) is 0 Å². The minimum Gasteiger partial charge on any atom is -0.363 e. The van der Waals surface area contributed by atoms with Crippen molar-refractivity contribution in [3.63, 3.8) is 0 Å². The minimum atomic E-state index is -1.09. The molecule has 12 heteroatoms. The molecule has 4 rings (SSSR count). The van der Waals surface area contributed by atoms with Crippen molar-refractivity contribution in [1.82, 2.24) is 25.8 Å². The van der Waals surface area contributed by atoms with Crippen LogP contribution in [0.15, 0.2) is 0 Å². The van der Waals surface area contributed by atoms with E-state index in [-0.39, 0.29) is 46.9 Å². The summed E-state index contributed by atoms with van der Waals surface area (Å²) in [5.41, 5.74) is 4.47. The number of likely N-dealkylation sites (tertiary alicyclic amines) is 2. The number of piperidine rings is 2. The van der Waals surface area contributed by atoms with E-state index in [1.54, 1.807) is 9.80 Å². The van der Waals surface area contributed by atoms with Gasteiger partial charge in [0.25, 0.3) is 5.91 Å². The quantitative estimate of drug-likeness (QED) is 0.240. The van der Waals surface area contributed by atoms with Gasteiger partial charge in [0.15, 0.2) is 0 Å². The van der Waals surface area contributed by atoms with Gasteiger partial charge in [-0.05, 0) is 53.8 Å². The number of nitrogens with zero attached hydrogens (tertiary/aromatic N) is 2. The molecule has 0 spiro atoms. The van der Waals surface area contributed by atoms with Gasteiger partial charge in [0, 0.05) is 26.1 Å². The summed E-state index contributed by atoms with van der Waals surface area (Å²) >= 11 is 0. The molecule has 0 radical (unpaired) electrons. The van der Waals surface area contributed by atoms with Crippen LogP contribution in [0, 0.1) is 34.5 Å². The van der Waals surface area contributed by atoms with Crippen LogP contribution in [0.4, 0.5) is 4.79 Å². The van der Waals surface area contributed by atoms with Crippen LogP contribution in [0.25, 0.3) is 0 Å². The highest BCUT2D eigenvalue weighted by Gasteiger charge is 2.70. The average molecular weight is 631 g/mol.